The van der Waals surface area contributed by atoms with E-state index in [4.69, 9.17) is 14.9 Å². The van der Waals surface area contributed by atoms with Crippen LogP contribution in [0.4, 0.5) is 0 Å². The number of furan rings is 1. The second kappa shape index (κ2) is 5.51. The molecular formula is C13H23NO2. The maximum atomic E-state index is 5.89. The van der Waals surface area contributed by atoms with Gasteiger partial charge in [0.25, 0.3) is 0 Å². The minimum atomic E-state index is -0.141. The van der Waals surface area contributed by atoms with Crippen LogP contribution in [-0.2, 0) is 4.74 Å². The molecule has 2 atom stereocenters. The van der Waals surface area contributed by atoms with Crippen molar-refractivity contribution in [2.45, 2.75) is 46.3 Å². The molecule has 16 heavy (non-hydrogen) atoms. The van der Waals surface area contributed by atoms with E-state index < -0.39 is 0 Å². The highest BCUT2D eigenvalue weighted by molar-refractivity contribution is 5.04. The molecule has 3 heteroatoms. The SMILES string of the molecule is CC(N)C(OCCC(C)(C)C)c1ccco1. The van der Waals surface area contributed by atoms with Crippen LogP contribution in [0, 0.1) is 5.41 Å². The summed E-state index contributed by atoms with van der Waals surface area (Å²) in [5.74, 6) is 0.809. The molecule has 0 amide bonds. The van der Waals surface area contributed by atoms with Gasteiger partial charge in [0, 0.05) is 12.6 Å². The molecule has 1 aromatic rings. The summed E-state index contributed by atoms with van der Waals surface area (Å²) in [4.78, 5) is 0. The first-order valence-corrected chi connectivity index (χ1v) is 5.81. The summed E-state index contributed by atoms with van der Waals surface area (Å²) in [5.41, 5.74) is 6.18. The molecule has 0 bridgehead atoms. The van der Waals surface area contributed by atoms with Gasteiger partial charge in [-0.05, 0) is 30.9 Å². The fourth-order valence-corrected chi connectivity index (χ4v) is 1.44. The molecule has 0 saturated carbocycles. The predicted octanol–water partition coefficient (Wildman–Crippen LogP) is 3.12. The first-order valence-electron chi connectivity index (χ1n) is 5.81. The molecule has 0 radical (unpaired) electrons. The minimum absolute atomic E-state index is 0.0638. The van der Waals surface area contributed by atoms with E-state index in [1.807, 2.05) is 19.1 Å². The molecule has 0 fully saturated rings. The Morgan fingerprint density at radius 3 is 2.56 bits per heavy atom. The summed E-state index contributed by atoms with van der Waals surface area (Å²) in [6, 6.07) is 3.70. The third-order valence-corrected chi connectivity index (χ3v) is 2.45. The van der Waals surface area contributed by atoms with Crippen LogP contribution in [0.15, 0.2) is 22.8 Å². The van der Waals surface area contributed by atoms with Gasteiger partial charge in [-0.3, -0.25) is 0 Å². The van der Waals surface area contributed by atoms with Crippen molar-refractivity contribution in [2.24, 2.45) is 11.1 Å². The third kappa shape index (κ3) is 4.37. The lowest BCUT2D eigenvalue weighted by Gasteiger charge is -2.23. The monoisotopic (exact) mass is 225 g/mol. The zero-order valence-corrected chi connectivity index (χ0v) is 10.7. The molecular weight excluding hydrogens is 202 g/mol. The number of nitrogens with two attached hydrogens (primary N) is 1. The summed E-state index contributed by atoms with van der Waals surface area (Å²) in [7, 11) is 0. The molecule has 2 unspecified atom stereocenters. The van der Waals surface area contributed by atoms with E-state index in [9.17, 15) is 0 Å². The van der Waals surface area contributed by atoms with Crippen molar-refractivity contribution in [3.63, 3.8) is 0 Å². The van der Waals surface area contributed by atoms with E-state index in [1.165, 1.54) is 0 Å². The van der Waals surface area contributed by atoms with E-state index in [0.717, 1.165) is 12.2 Å². The molecule has 92 valence electrons. The molecule has 0 aliphatic rings. The maximum Gasteiger partial charge on any atom is 0.134 e. The second-order valence-electron chi connectivity index (χ2n) is 5.48. The highest BCUT2D eigenvalue weighted by Gasteiger charge is 2.20. The lowest BCUT2D eigenvalue weighted by molar-refractivity contribution is 0.0112. The zero-order chi connectivity index (χ0) is 12.2. The van der Waals surface area contributed by atoms with Crippen LogP contribution in [0.5, 0.6) is 0 Å². The highest BCUT2D eigenvalue weighted by atomic mass is 16.5. The highest BCUT2D eigenvalue weighted by Crippen LogP contribution is 2.24. The summed E-state index contributed by atoms with van der Waals surface area (Å²) in [6.07, 6.45) is 2.52. The van der Waals surface area contributed by atoms with Crippen molar-refractivity contribution < 1.29 is 9.15 Å². The molecule has 0 saturated heterocycles. The van der Waals surface area contributed by atoms with E-state index >= 15 is 0 Å². The lowest BCUT2D eigenvalue weighted by atomic mass is 9.93. The van der Waals surface area contributed by atoms with Crippen LogP contribution in [0.3, 0.4) is 0 Å². The van der Waals surface area contributed by atoms with Crippen molar-refractivity contribution in [3.8, 4) is 0 Å². The van der Waals surface area contributed by atoms with E-state index in [2.05, 4.69) is 20.8 Å². The van der Waals surface area contributed by atoms with Crippen molar-refractivity contribution in [2.75, 3.05) is 6.61 Å². The van der Waals surface area contributed by atoms with E-state index in [1.54, 1.807) is 6.26 Å². The van der Waals surface area contributed by atoms with Gasteiger partial charge < -0.3 is 14.9 Å². The first-order chi connectivity index (χ1) is 7.40. The summed E-state index contributed by atoms with van der Waals surface area (Å²) in [5, 5.41) is 0. The zero-order valence-electron chi connectivity index (χ0n) is 10.7. The molecule has 1 rings (SSSR count). The molecule has 3 nitrogen and oxygen atoms in total. The quantitative estimate of drug-likeness (QED) is 0.837. The standard InChI is InChI=1S/C13H23NO2/c1-10(14)12(11-6-5-8-15-11)16-9-7-13(2,3)4/h5-6,8,10,12H,7,9,14H2,1-4H3. The van der Waals surface area contributed by atoms with Gasteiger partial charge in [-0.25, -0.2) is 0 Å². The summed E-state index contributed by atoms with van der Waals surface area (Å²) < 4.78 is 11.1. The van der Waals surface area contributed by atoms with Gasteiger partial charge in [0.05, 0.1) is 6.26 Å². The fourth-order valence-electron chi connectivity index (χ4n) is 1.44. The van der Waals surface area contributed by atoms with Crippen molar-refractivity contribution >= 4 is 0 Å². The van der Waals surface area contributed by atoms with Crippen LogP contribution in [-0.4, -0.2) is 12.6 Å². The van der Waals surface area contributed by atoms with Crippen molar-refractivity contribution in [3.05, 3.63) is 24.2 Å². The number of hydrogen-bond donors (Lipinski definition) is 1. The molecule has 0 aliphatic heterocycles. The Morgan fingerprint density at radius 2 is 2.12 bits per heavy atom. The van der Waals surface area contributed by atoms with Crippen molar-refractivity contribution in [1.82, 2.24) is 0 Å². The number of rotatable bonds is 5. The Kier molecular flexibility index (Phi) is 4.56. The van der Waals surface area contributed by atoms with Crippen LogP contribution in [0.1, 0.15) is 46.0 Å². The van der Waals surface area contributed by atoms with Gasteiger partial charge in [-0.15, -0.1) is 0 Å². The van der Waals surface area contributed by atoms with Crippen LogP contribution in [0.2, 0.25) is 0 Å². The number of ether oxygens (including phenoxy) is 1. The van der Waals surface area contributed by atoms with Crippen LogP contribution < -0.4 is 5.73 Å². The van der Waals surface area contributed by atoms with Crippen LogP contribution >= 0.6 is 0 Å². The second-order valence-corrected chi connectivity index (χ2v) is 5.48. The Morgan fingerprint density at radius 1 is 1.44 bits per heavy atom. The average Bonchev–Trinajstić information content (AvgIpc) is 2.62. The summed E-state index contributed by atoms with van der Waals surface area (Å²) >= 11 is 0. The van der Waals surface area contributed by atoms with Gasteiger partial charge in [-0.2, -0.15) is 0 Å². The van der Waals surface area contributed by atoms with Gasteiger partial charge in [0.2, 0.25) is 0 Å². The molecule has 1 heterocycles. The smallest absolute Gasteiger partial charge is 0.134 e. The van der Waals surface area contributed by atoms with Gasteiger partial charge >= 0.3 is 0 Å². The normalized spacial score (nSPS) is 16.1. The molecule has 2 N–H and O–H groups in total. The molecule has 0 aromatic carbocycles. The first kappa shape index (κ1) is 13.3. The lowest BCUT2D eigenvalue weighted by Crippen LogP contribution is -2.27. The van der Waals surface area contributed by atoms with Gasteiger partial charge in [0.1, 0.15) is 11.9 Å². The third-order valence-electron chi connectivity index (χ3n) is 2.45. The van der Waals surface area contributed by atoms with Crippen LogP contribution in [0.25, 0.3) is 0 Å². The van der Waals surface area contributed by atoms with E-state index in [0.29, 0.717) is 6.61 Å². The topological polar surface area (TPSA) is 48.4 Å². The Bertz CT molecular complexity index is 285. The Hall–Kier alpha value is -0.800. The largest absolute Gasteiger partial charge is 0.467 e. The average molecular weight is 225 g/mol. The fraction of sp³-hybridized carbons (Fsp3) is 0.692. The molecule has 1 aromatic heterocycles. The summed E-state index contributed by atoms with van der Waals surface area (Å²) in [6.45, 7) is 9.24. The minimum Gasteiger partial charge on any atom is -0.467 e. The maximum absolute atomic E-state index is 5.89. The molecule has 0 spiro atoms. The Balaban J connectivity index is 2.48. The predicted molar refractivity (Wildman–Crippen MR) is 65.1 cm³/mol. The van der Waals surface area contributed by atoms with Crippen molar-refractivity contribution in [1.29, 1.82) is 0 Å². The van der Waals surface area contributed by atoms with Gasteiger partial charge in [-0.1, -0.05) is 20.8 Å². The van der Waals surface area contributed by atoms with E-state index in [-0.39, 0.29) is 17.6 Å². The molecule has 0 aliphatic carbocycles. The van der Waals surface area contributed by atoms with Gasteiger partial charge in [0.15, 0.2) is 0 Å². The number of hydrogen-bond acceptors (Lipinski definition) is 3. The Labute approximate surface area is 98.0 Å².